The first-order valence-electron chi connectivity index (χ1n) is 7.22. The lowest BCUT2D eigenvalue weighted by Gasteiger charge is -2.28. The molecule has 108 valence electrons. The highest BCUT2D eigenvalue weighted by Crippen LogP contribution is 2.41. The number of amides is 1. The summed E-state index contributed by atoms with van der Waals surface area (Å²) in [6.45, 7) is 0.458. The van der Waals surface area contributed by atoms with Crippen LogP contribution in [0.15, 0.2) is 22.8 Å². The van der Waals surface area contributed by atoms with Gasteiger partial charge in [-0.3, -0.25) is 9.59 Å². The van der Waals surface area contributed by atoms with Gasteiger partial charge in [-0.1, -0.05) is 12.8 Å². The minimum absolute atomic E-state index is 0.0132. The predicted octanol–water partition coefficient (Wildman–Crippen LogP) is 2.27. The first kappa shape index (κ1) is 13.2. The topological polar surface area (TPSA) is 70.8 Å². The zero-order valence-corrected chi connectivity index (χ0v) is 11.3. The molecule has 1 aromatic rings. The summed E-state index contributed by atoms with van der Waals surface area (Å²) in [6, 6.07) is 3.91. The molecule has 20 heavy (non-hydrogen) atoms. The molecule has 2 atom stereocenters. The molecular weight excluding hydrogens is 258 g/mol. The lowest BCUT2D eigenvalue weighted by molar-refractivity contribution is -0.143. The molecule has 2 aliphatic carbocycles. The second-order valence-electron chi connectivity index (χ2n) is 5.77. The van der Waals surface area contributed by atoms with Crippen LogP contribution in [0.25, 0.3) is 0 Å². The van der Waals surface area contributed by atoms with Gasteiger partial charge in [-0.2, -0.15) is 0 Å². The fourth-order valence-corrected chi connectivity index (χ4v) is 3.13. The lowest BCUT2D eigenvalue weighted by Crippen LogP contribution is -2.39. The first-order chi connectivity index (χ1) is 9.66. The van der Waals surface area contributed by atoms with Gasteiger partial charge in [0.15, 0.2) is 0 Å². The Labute approximate surface area is 117 Å². The lowest BCUT2D eigenvalue weighted by atomic mass is 10.1. The Balaban J connectivity index is 1.71. The van der Waals surface area contributed by atoms with Crippen LogP contribution in [0.4, 0.5) is 0 Å². The molecule has 0 radical (unpaired) electrons. The molecule has 3 rings (SSSR count). The van der Waals surface area contributed by atoms with Crippen LogP contribution in [-0.4, -0.2) is 27.9 Å². The van der Waals surface area contributed by atoms with Gasteiger partial charge in [0.2, 0.25) is 5.91 Å². The van der Waals surface area contributed by atoms with Crippen LogP contribution in [-0.2, 0) is 16.1 Å². The van der Waals surface area contributed by atoms with Gasteiger partial charge in [0.25, 0.3) is 0 Å². The molecule has 1 aromatic heterocycles. The number of carbonyl (C=O) groups is 2. The van der Waals surface area contributed by atoms with Crippen molar-refractivity contribution in [3.8, 4) is 0 Å². The van der Waals surface area contributed by atoms with E-state index >= 15 is 0 Å². The zero-order chi connectivity index (χ0) is 14.1. The number of furan rings is 1. The standard InChI is InChI=1S/C15H19NO4/c17-14(12-8-13(12)15(18)19)16(10-4-1-2-5-10)9-11-6-3-7-20-11/h3,6-7,10,12-13H,1-2,4-5,8-9H2,(H,18,19). The van der Waals surface area contributed by atoms with Crippen LogP contribution in [0, 0.1) is 11.8 Å². The summed E-state index contributed by atoms with van der Waals surface area (Å²) in [5, 5.41) is 8.99. The van der Waals surface area contributed by atoms with Gasteiger partial charge in [-0.15, -0.1) is 0 Å². The minimum atomic E-state index is -0.854. The third-order valence-corrected chi connectivity index (χ3v) is 4.38. The van der Waals surface area contributed by atoms with Gasteiger partial charge >= 0.3 is 5.97 Å². The highest BCUT2D eigenvalue weighted by Gasteiger charge is 2.50. The van der Waals surface area contributed by atoms with Crippen LogP contribution in [0.3, 0.4) is 0 Å². The first-order valence-corrected chi connectivity index (χ1v) is 7.22. The van der Waals surface area contributed by atoms with Crippen molar-refractivity contribution in [3.63, 3.8) is 0 Å². The third-order valence-electron chi connectivity index (χ3n) is 4.38. The van der Waals surface area contributed by atoms with Crippen LogP contribution >= 0.6 is 0 Å². The van der Waals surface area contributed by atoms with Gasteiger partial charge in [0.1, 0.15) is 5.76 Å². The monoisotopic (exact) mass is 277 g/mol. The minimum Gasteiger partial charge on any atom is -0.481 e. The molecule has 2 aliphatic rings. The Kier molecular flexibility index (Phi) is 3.51. The van der Waals surface area contributed by atoms with Gasteiger partial charge in [-0.05, 0) is 31.4 Å². The molecule has 5 heteroatoms. The molecule has 0 saturated heterocycles. The Morgan fingerprint density at radius 3 is 2.60 bits per heavy atom. The highest BCUT2D eigenvalue weighted by atomic mass is 16.4. The summed E-state index contributed by atoms with van der Waals surface area (Å²) in [7, 11) is 0. The van der Waals surface area contributed by atoms with Gasteiger partial charge < -0.3 is 14.4 Å². The maximum Gasteiger partial charge on any atom is 0.307 e. The van der Waals surface area contributed by atoms with E-state index in [1.807, 2.05) is 17.0 Å². The second-order valence-corrected chi connectivity index (χ2v) is 5.77. The fraction of sp³-hybridized carbons (Fsp3) is 0.600. The van der Waals surface area contributed by atoms with Crippen molar-refractivity contribution >= 4 is 11.9 Å². The molecule has 0 aliphatic heterocycles. The Hall–Kier alpha value is -1.78. The number of carboxylic acids is 1. The summed E-state index contributed by atoms with van der Waals surface area (Å²) in [5.41, 5.74) is 0. The van der Waals surface area contributed by atoms with Crippen LogP contribution < -0.4 is 0 Å². The van der Waals surface area contributed by atoms with E-state index in [0.29, 0.717) is 13.0 Å². The summed E-state index contributed by atoms with van der Waals surface area (Å²) >= 11 is 0. The maximum atomic E-state index is 12.6. The van der Waals surface area contributed by atoms with Crippen LogP contribution in [0.5, 0.6) is 0 Å². The average molecular weight is 277 g/mol. The quantitative estimate of drug-likeness (QED) is 0.896. The normalized spacial score (nSPS) is 25.6. The van der Waals surface area contributed by atoms with Crippen molar-refractivity contribution in [3.05, 3.63) is 24.2 Å². The number of rotatable bonds is 5. The molecule has 1 heterocycles. The number of aliphatic carboxylic acids is 1. The van der Waals surface area contributed by atoms with Crippen molar-refractivity contribution in [1.29, 1.82) is 0 Å². The van der Waals surface area contributed by atoms with Crippen molar-refractivity contribution in [2.45, 2.75) is 44.7 Å². The van der Waals surface area contributed by atoms with Gasteiger partial charge in [-0.25, -0.2) is 0 Å². The SMILES string of the molecule is O=C(O)C1CC1C(=O)N(Cc1ccco1)C1CCCC1. The van der Waals surface area contributed by atoms with Crippen molar-refractivity contribution in [1.82, 2.24) is 4.90 Å². The molecule has 0 spiro atoms. The van der Waals surface area contributed by atoms with Crippen molar-refractivity contribution < 1.29 is 19.1 Å². The van der Waals surface area contributed by atoms with Gasteiger partial charge in [0.05, 0.1) is 24.6 Å². The molecule has 5 nitrogen and oxygen atoms in total. The van der Waals surface area contributed by atoms with Gasteiger partial charge in [0, 0.05) is 6.04 Å². The van der Waals surface area contributed by atoms with E-state index in [4.69, 9.17) is 9.52 Å². The number of carboxylic acid groups (broad SMARTS) is 1. The van der Waals surface area contributed by atoms with E-state index in [2.05, 4.69) is 0 Å². The molecule has 0 aromatic carbocycles. The van der Waals surface area contributed by atoms with E-state index in [0.717, 1.165) is 31.4 Å². The van der Waals surface area contributed by atoms with Crippen molar-refractivity contribution in [2.24, 2.45) is 11.8 Å². The van der Waals surface area contributed by atoms with E-state index in [1.165, 1.54) is 0 Å². The number of hydrogen-bond donors (Lipinski definition) is 1. The number of nitrogens with zero attached hydrogens (tertiary/aromatic N) is 1. The Bertz CT molecular complexity index is 490. The molecule has 0 bridgehead atoms. The zero-order valence-electron chi connectivity index (χ0n) is 11.3. The van der Waals surface area contributed by atoms with Crippen LogP contribution in [0.1, 0.15) is 37.9 Å². The maximum absolute atomic E-state index is 12.6. The van der Waals surface area contributed by atoms with E-state index in [1.54, 1.807) is 6.26 Å². The number of carbonyl (C=O) groups excluding carboxylic acids is 1. The predicted molar refractivity (Wildman–Crippen MR) is 70.7 cm³/mol. The molecule has 2 unspecified atom stereocenters. The van der Waals surface area contributed by atoms with Crippen molar-refractivity contribution in [2.75, 3.05) is 0 Å². The fourth-order valence-electron chi connectivity index (χ4n) is 3.13. The molecule has 1 amide bonds. The Morgan fingerprint density at radius 2 is 2.05 bits per heavy atom. The Morgan fingerprint density at radius 1 is 1.30 bits per heavy atom. The molecule has 2 saturated carbocycles. The summed E-state index contributed by atoms with van der Waals surface area (Å²) in [5.74, 6) is -0.919. The smallest absolute Gasteiger partial charge is 0.307 e. The van der Waals surface area contributed by atoms with E-state index in [9.17, 15) is 9.59 Å². The van der Waals surface area contributed by atoms with Crippen LogP contribution in [0.2, 0.25) is 0 Å². The average Bonchev–Trinajstić information content (AvgIpc) is 2.84. The summed E-state index contributed by atoms with van der Waals surface area (Å²) < 4.78 is 5.34. The molecule has 1 N–H and O–H groups in total. The molecule has 2 fully saturated rings. The van der Waals surface area contributed by atoms with E-state index < -0.39 is 11.9 Å². The summed E-state index contributed by atoms with van der Waals surface area (Å²) in [4.78, 5) is 25.3. The number of hydrogen-bond acceptors (Lipinski definition) is 3. The summed E-state index contributed by atoms with van der Waals surface area (Å²) in [6.07, 6.45) is 6.38. The highest BCUT2D eigenvalue weighted by molar-refractivity contribution is 5.89. The third kappa shape index (κ3) is 2.57. The molecular formula is C15H19NO4. The second kappa shape index (κ2) is 5.31. The largest absolute Gasteiger partial charge is 0.481 e. The van der Waals surface area contributed by atoms with E-state index in [-0.39, 0.29) is 17.9 Å².